The van der Waals surface area contributed by atoms with Gasteiger partial charge in [-0.2, -0.15) is 26.3 Å². The number of hydrogen-bond donors (Lipinski definition) is 3. The number of aromatic nitrogens is 6. The fraction of sp³-hybridized carbons (Fsp3) is 0.408. The molecule has 0 unspecified atom stereocenters. The molecule has 4 heterocycles. The van der Waals surface area contributed by atoms with Gasteiger partial charge in [0.05, 0.1) is 19.1 Å². The quantitative estimate of drug-likeness (QED) is 0.296. The SMILES string of the molecule is C#CC#CC#CC#CC.C#CC#CC#CC#CC#CC#CC#CC#CC.C[C@H]1CN(C(=O)OC(C)(C)C)Cc2nnc([C@@](C)(O)C(F)(F)F)n21.C[C@H]1CNCc2nnc([C@@](C)(O)C(F)(F)F)n21. The van der Waals surface area contributed by atoms with Crippen molar-refractivity contribution in [1.29, 1.82) is 0 Å². The second-order valence-corrected chi connectivity index (χ2v) is 14.5. The smallest absolute Gasteiger partial charge is 0.424 e. The van der Waals surface area contributed by atoms with Crippen LogP contribution in [0.4, 0.5) is 31.1 Å². The van der Waals surface area contributed by atoms with Crippen LogP contribution >= 0.6 is 0 Å². The molecule has 4 atom stereocenters. The molecule has 2 aliphatic heterocycles. The molecule has 67 heavy (non-hydrogen) atoms. The third kappa shape index (κ3) is 18.4. The average molecular weight is 921 g/mol. The topological polar surface area (TPSA) is 143 Å². The zero-order valence-electron chi connectivity index (χ0n) is 37.7. The van der Waals surface area contributed by atoms with E-state index in [1.807, 2.05) is 0 Å². The summed E-state index contributed by atoms with van der Waals surface area (Å²) >= 11 is 0. The monoisotopic (exact) mass is 920 g/mol. The second-order valence-electron chi connectivity index (χ2n) is 14.5. The molecular weight excluding hydrogens is 879 g/mol. The van der Waals surface area contributed by atoms with Gasteiger partial charge in [-0.25, -0.2) is 4.79 Å². The first-order valence-corrected chi connectivity index (χ1v) is 19.2. The minimum Gasteiger partial charge on any atom is -0.444 e. The van der Waals surface area contributed by atoms with Gasteiger partial charge in [0.25, 0.3) is 0 Å². The first kappa shape index (κ1) is 56.7. The van der Waals surface area contributed by atoms with Gasteiger partial charge in [-0.15, -0.1) is 33.2 Å². The summed E-state index contributed by atoms with van der Waals surface area (Å²) in [5.74, 6) is 53.4. The highest BCUT2D eigenvalue weighted by molar-refractivity contribution is 5.68. The van der Waals surface area contributed by atoms with E-state index >= 15 is 0 Å². The molecule has 0 saturated carbocycles. The Balaban J connectivity index is 0.000000469. The van der Waals surface area contributed by atoms with Crippen molar-refractivity contribution in [3.63, 3.8) is 0 Å². The number of amides is 1. The van der Waals surface area contributed by atoms with E-state index in [4.69, 9.17) is 17.6 Å². The van der Waals surface area contributed by atoms with Crippen LogP contribution in [0.5, 0.6) is 0 Å². The number of alkyl halides is 6. The lowest BCUT2D eigenvalue weighted by Gasteiger charge is -2.35. The van der Waals surface area contributed by atoms with Crippen molar-refractivity contribution in [2.24, 2.45) is 0 Å². The Labute approximate surface area is 387 Å². The van der Waals surface area contributed by atoms with Gasteiger partial charge in [0, 0.05) is 19.1 Å². The van der Waals surface area contributed by atoms with E-state index in [1.165, 1.54) is 14.0 Å². The molecular formula is C49H42F6N8O4. The number of nitrogens with zero attached hydrogens (tertiary/aromatic N) is 7. The second kappa shape index (κ2) is 26.5. The summed E-state index contributed by atoms with van der Waals surface area (Å²) in [4.78, 5) is 13.5. The highest BCUT2D eigenvalue weighted by atomic mass is 19.4. The lowest BCUT2D eigenvalue weighted by atomic mass is 10.0. The van der Waals surface area contributed by atoms with Gasteiger partial charge in [0.2, 0.25) is 11.2 Å². The molecule has 0 fully saturated rings. The van der Waals surface area contributed by atoms with E-state index in [-0.39, 0.29) is 25.0 Å². The summed E-state index contributed by atoms with van der Waals surface area (Å²) in [5.41, 5.74) is -6.79. The Bertz CT molecular complexity index is 2860. The molecule has 3 N–H and O–H groups in total. The summed E-state index contributed by atoms with van der Waals surface area (Å²) in [7, 11) is 0. The molecule has 4 rings (SSSR count). The number of terminal acetylenes is 2. The third-order valence-electron chi connectivity index (χ3n) is 7.97. The van der Waals surface area contributed by atoms with E-state index in [1.54, 1.807) is 48.5 Å². The number of fused-ring (bicyclic) bond motifs is 2. The van der Waals surface area contributed by atoms with Crippen LogP contribution in [0.3, 0.4) is 0 Å². The largest absolute Gasteiger partial charge is 0.444 e. The number of aliphatic hydroxyl groups is 2. The molecule has 0 spiro atoms. The Morgan fingerprint density at radius 3 is 1.33 bits per heavy atom. The fourth-order valence-electron chi connectivity index (χ4n) is 4.94. The molecule has 0 bridgehead atoms. The van der Waals surface area contributed by atoms with Crippen molar-refractivity contribution in [2.75, 3.05) is 13.1 Å². The maximum Gasteiger partial charge on any atom is 0.424 e. The van der Waals surface area contributed by atoms with Crippen LogP contribution in [0.1, 0.15) is 97.7 Å². The number of halogens is 6. The standard InChI is InChI=1S/C17H4.C14H21F3N4O3.C9H13F3N4O.C9H4/c1-3-5-7-9-11-13-15-17-16-14-12-10-8-6-4-2;1-8-6-20(11(22)24-12(2,3)4)7-9-18-19-10(21(8)9)13(5,23)14(15,16)17;1-5-3-13-4-6-14-15-7(16(5)6)8(2,17)9(10,11)12;1-3-5-7-9-8-6-4-2/h1H,2H3;8,23H,6-7H2,1-5H3;5,13,17H,3-4H2,1-2H3;1H,2H3/t;8-,13+;5-,8+;/m.00./s1. The minimum absolute atomic E-state index is 0.0415. The van der Waals surface area contributed by atoms with E-state index in [9.17, 15) is 41.4 Å². The number of hydrogen-bond acceptors (Lipinski definition) is 9. The van der Waals surface area contributed by atoms with Gasteiger partial charge in [0.1, 0.15) is 11.4 Å². The normalized spacial score (nSPS) is 15.2. The first-order chi connectivity index (χ1) is 31.3. The van der Waals surface area contributed by atoms with E-state index < -0.39 is 52.9 Å². The predicted octanol–water partition coefficient (Wildman–Crippen LogP) is 4.38. The van der Waals surface area contributed by atoms with Crippen LogP contribution in [0.15, 0.2) is 0 Å². The molecule has 1 amide bonds. The zero-order chi connectivity index (χ0) is 50.9. The summed E-state index contributed by atoms with van der Waals surface area (Å²) in [5, 5.41) is 36.9. The third-order valence-corrected chi connectivity index (χ3v) is 7.97. The molecule has 2 aromatic heterocycles. The molecule has 18 heteroatoms. The maximum atomic E-state index is 13.1. The van der Waals surface area contributed by atoms with Crippen molar-refractivity contribution in [1.82, 2.24) is 39.7 Å². The van der Waals surface area contributed by atoms with Gasteiger partial charge >= 0.3 is 18.4 Å². The van der Waals surface area contributed by atoms with Gasteiger partial charge in [-0.3, -0.25) is 4.90 Å². The summed E-state index contributed by atoms with van der Waals surface area (Å²) in [6.45, 7) is 14.2. The van der Waals surface area contributed by atoms with Crippen molar-refractivity contribution in [3.8, 4) is 143 Å². The Morgan fingerprint density at radius 1 is 0.612 bits per heavy atom. The van der Waals surface area contributed by atoms with E-state index in [2.05, 4.69) is 156 Å². The minimum atomic E-state index is -4.89. The lowest BCUT2D eigenvalue weighted by molar-refractivity contribution is -0.263. The van der Waals surface area contributed by atoms with Crippen molar-refractivity contribution in [2.45, 2.75) is 117 Å². The zero-order valence-corrected chi connectivity index (χ0v) is 37.7. The predicted molar refractivity (Wildman–Crippen MR) is 236 cm³/mol. The molecule has 12 nitrogen and oxygen atoms in total. The Kier molecular flexibility index (Phi) is 22.4. The number of carbonyl (C=O) groups is 1. The Morgan fingerprint density at radius 2 is 0.970 bits per heavy atom. The highest BCUT2D eigenvalue weighted by Gasteiger charge is 2.56. The first-order valence-electron chi connectivity index (χ1n) is 19.2. The fourth-order valence-corrected chi connectivity index (χ4v) is 4.94. The Hall–Kier alpha value is -8.27. The van der Waals surface area contributed by atoms with Crippen LogP contribution < -0.4 is 5.32 Å². The van der Waals surface area contributed by atoms with Crippen molar-refractivity contribution in [3.05, 3.63) is 23.3 Å². The lowest BCUT2D eigenvalue weighted by Crippen LogP contribution is -2.46. The molecule has 0 radical (unpaired) electrons. The molecule has 344 valence electrons. The summed E-state index contributed by atoms with van der Waals surface area (Å²) in [6, 6.07) is -0.766. The van der Waals surface area contributed by atoms with Crippen LogP contribution in [0.25, 0.3) is 0 Å². The number of nitrogens with one attached hydrogen (secondary N) is 1. The number of ether oxygens (including phenoxy) is 1. The number of carbonyl (C=O) groups excluding carboxylic acids is 1. The molecule has 0 aliphatic carbocycles. The highest BCUT2D eigenvalue weighted by Crippen LogP contribution is 2.40. The van der Waals surface area contributed by atoms with Gasteiger partial charge in [-0.05, 0) is 181 Å². The van der Waals surface area contributed by atoms with E-state index in [0.29, 0.717) is 32.8 Å². The molecule has 2 aliphatic rings. The van der Waals surface area contributed by atoms with Crippen LogP contribution in [0, 0.1) is 143 Å². The van der Waals surface area contributed by atoms with Crippen LogP contribution in [-0.4, -0.2) is 81.8 Å². The average Bonchev–Trinajstić information content (AvgIpc) is 3.89. The van der Waals surface area contributed by atoms with Crippen LogP contribution in [-0.2, 0) is 29.0 Å². The summed E-state index contributed by atoms with van der Waals surface area (Å²) in [6.07, 6.45) is -0.543. The van der Waals surface area contributed by atoms with Gasteiger partial charge < -0.3 is 29.4 Å². The van der Waals surface area contributed by atoms with Crippen molar-refractivity contribution < 1.29 is 46.1 Å². The summed E-state index contributed by atoms with van der Waals surface area (Å²) < 4.78 is 85.3. The number of rotatable bonds is 2. The van der Waals surface area contributed by atoms with E-state index in [0.717, 1.165) is 0 Å². The molecule has 0 saturated heterocycles. The van der Waals surface area contributed by atoms with Gasteiger partial charge in [0.15, 0.2) is 17.5 Å². The molecule has 0 aromatic carbocycles. The molecule has 2 aromatic rings. The maximum absolute atomic E-state index is 13.1. The van der Waals surface area contributed by atoms with Crippen LogP contribution in [0.2, 0.25) is 0 Å². The van der Waals surface area contributed by atoms with Gasteiger partial charge in [-0.1, -0.05) is 11.8 Å². The van der Waals surface area contributed by atoms with Crippen molar-refractivity contribution >= 4 is 6.09 Å².